The van der Waals surface area contributed by atoms with E-state index >= 15 is 0 Å². The minimum absolute atomic E-state index is 0.00725. The van der Waals surface area contributed by atoms with Crippen LogP contribution in [0, 0.1) is 4.77 Å². The molecule has 3 heterocycles. The summed E-state index contributed by atoms with van der Waals surface area (Å²) in [5.41, 5.74) is 0. The van der Waals surface area contributed by atoms with Gasteiger partial charge in [-0.3, -0.25) is 14.5 Å². The van der Waals surface area contributed by atoms with Crippen molar-refractivity contribution in [3.8, 4) is 10.7 Å². The number of amides is 1. The number of H-pyrrole nitrogens is 1. The van der Waals surface area contributed by atoms with Gasteiger partial charge in [0.2, 0.25) is 5.91 Å². The minimum atomic E-state index is -3.01. The van der Waals surface area contributed by atoms with Gasteiger partial charge in [-0.15, -0.1) is 11.3 Å². The lowest BCUT2D eigenvalue weighted by Crippen LogP contribution is -2.37. The standard InChI is InChI=1S/C12H14N4O3S3/c17-10(13-8-3-5-22(18,19)7-8)6-16-11(14-15-12(16)20)9-2-1-4-21-9/h1-2,4,8H,3,5-7H2,(H,13,17)(H,15,20). The molecule has 0 spiro atoms. The zero-order chi connectivity index (χ0) is 15.7. The lowest BCUT2D eigenvalue weighted by molar-refractivity contribution is -0.122. The number of sulfone groups is 1. The second kappa shape index (κ2) is 5.94. The molecule has 0 saturated carbocycles. The number of thiophene rings is 1. The topological polar surface area (TPSA) is 96.8 Å². The Labute approximate surface area is 136 Å². The minimum Gasteiger partial charge on any atom is -0.351 e. The van der Waals surface area contributed by atoms with E-state index in [-0.39, 0.29) is 30.0 Å². The van der Waals surface area contributed by atoms with E-state index in [0.29, 0.717) is 17.0 Å². The molecule has 1 saturated heterocycles. The predicted molar refractivity (Wildman–Crippen MR) is 85.9 cm³/mol. The highest BCUT2D eigenvalue weighted by Crippen LogP contribution is 2.22. The van der Waals surface area contributed by atoms with E-state index in [9.17, 15) is 13.2 Å². The fourth-order valence-electron chi connectivity index (χ4n) is 2.38. The van der Waals surface area contributed by atoms with Gasteiger partial charge >= 0.3 is 0 Å². The van der Waals surface area contributed by atoms with Crippen molar-refractivity contribution in [3.05, 3.63) is 22.3 Å². The SMILES string of the molecule is O=C(Cn1c(-c2cccs2)n[nH]c1=S)NC1CCS(=O)(=O)C1. The summed E-state index contributed by atoms with van der Waals surface area (Å²) in [6.45, 7) is 0.0130. The van der Waals surface area contributed by atoms with Gasteiger partial charge in [-0.1, -0.05) is 6.07 Å². The third kappa shape index (κ3) is 3.28. The van der Waals surface area contributed by atoms with E-state index in [1.165, 1.54) is 11.3 Å². The van der Waals surface area contributed by atoms with Crippen LogP contribution in [0.5, 0.6) is 0 Å². The number of carbonyl (C=O) groups excluding carboxylic acids is 1. The predicted octanol–water partition coefficient (Wildman–Crippen LogP) is 0.972. The fourth-order valence-corrected chi connectivity index (χ4v) is 4.98. The Morgan fingerprint density at radius 2 is 2.41 bits per heavy atom. The first-order valence-corrected chi connectivity index (χ1v) is 9.74. The van der Waals surface area contributed by atoms with Crippen molar-refractivity contribution < 1.29 is 13.2 Å². The maximum absolute atomic E-state index is 12.1. The molecule has 3 rings (SSSR count). The molecule has 0 radical (unpaired) electrons. The van der Waals surface area contributed by atoms with Crippen molar-refractivity contribution in [2.24, 2.45) is 0 Å². The Hall–Kier alpha value is -1.52. The Morgan fingerprint density at radius 1 is 1.59 bits per heavy atom. The normalized spacial score (nSPS) is 20.1. The highest BCUT2D eigenvalue weighted by molar-refractivity contribution is 7.91. The molecule has 0 aromatic carbocycles. The molecule has 0 aliphatic carbocycles. The molecule has 1 amide bonds. The van der Waals surface area contributed by atoms with Crippen molar-refractivity contribution in [1.82, 2.24) is 20.1 Å². The number of nitrogens with one attached hydrogen (secondary N) is 2. The van der Waals surface area contributed by atoms with Crippen LogP contribution in [0.2, 0.25) is 0 Å². The van der Waals surface area contributed by atoms with E-state index in [1.807, 2.05) is 17.5 Å². The number of rotatable bonds is 4. The van der Waals surface area contributed by atoms with Crippen molar-refractivity contribution in [3.63, 3.8) is 0 Å². The van der Waals surface area contributed by atoms with Crippen molar-refractivity contribution >= 4 is 39.3 Å². The van der Waals surface area contributed by atoms with E-state index < -0.39 is 9.84 Å². The largest absolute Gasteiger partial charge is 0.351 e. The van der Waals surface area contributed by atoms with Gasteiger partial charge < -0.3 is 5.32 Å². The van der Waals surface area contributed by atoms with Crippen LogP contribution < -0.4 is 5.32 Å². The Balaban J connectivity index is 1.73. The first-order chi connectivity index (χ1) is 10.4. The molecule has 22 heavy (non-hydrogen) atoms. The molecule has 0 bridgehead atoms. The van der Waals surface area contributed by atoms with E-state index in [2.05, 4.69) is 15.5 Å². The molecule has 1 aliphatic heterocycles. The molecule has 1 unspecified atom stereocenters. The van der Waals surface area contributed by atoms with E-state index in [1.54, 1.807) is 4.57 Å². The van der Waals surface area contributed by atoms with Gasteiger partial charge in [-0.2, -0.15) is 5.10 Å². The average molecular weight is 358 g/mol. The number of carbonyl (C=O) groups is 1. The Bertz CT molecular complexity index is 835. The molecule has 2 aromatic heterocycles. The fraction of sp³-hybridized carbons (Fsp3) is 0.417. The van der Waals surface area contributed by atoms with Crippen LogP contribution >= 0.6 is 23.6 Å². The molecule has 7 nitrogen and oxygen atoms in total. The van der Waals surface area contributed by atoms with Crippen molar-refractivity contribution in [2.45, 2.75) is 19.0 Å². The second-order valence-corrected chi connectivity index (χ2v) is 8.65. The van der Waals surface area contributed by atoms with Gasteiger partial charge in [0.15, 0.2) is 20.4 Å². The maximum Gasteiger partial charge on any atom is 0.240 e. The number of aromatic amines is 1. The lowest BCUT2D eigenvalue weighted by atomic mass is 10.2. The third-order valence-corrected chi connectivity index (χ3v) is 6.34. The zero-order valence-electron chi connectivity index (χ0n) is 11.5. The summed E-state index contributed by atoms with van der Waals surface area (Å²) in [6, 6.07) is 3.47. The molecule has 1 atom stereocenters. The molecule has 2 aromatic rings. The van der Waals surface area contributed by atoms with Crippen LogP contribution in [0.4, 0.5) is 0 Å². The summed E-state index contributed by atoms with van der Waals surface area (Å²) in [7, 11) is -3.01. The van der Waals surface area contributed by atoms with Crippen LogP contribution in [0.3, 0.4) is 0 Å². The summed E-state index contributed by atoms with van der Waals surface area (Å²) in [5.74, 6) is 0.475. The highest BCUT2D eigenvalue weighted by atomic mass is 32.2. The van der Waals surface area contributed by atoms with Gasteiger partial charge in [0, 0.05) is 6.04 Å². The van der Waals surface area contributed by atoms with Crippen LogP contribution in [-0.2, 0) is 21.2 Å². The summed E-state index contributed by atoms with van der Waals surface area (Å²) in [5, 5.41) is 11.5. The number of nitrogens with zero attached hydrogens (tertiary/aromatic N) is 2. The number of hydrogen-bond donors (Lipinski definition) is 2. The molecule has 10 heteroatoms. The summed E-state index contributed by atoms with van der Waals surface area (Å²) in [6.07, 6.45) is 0.461. The van der Waals surface area contributed by atoms with Gasteiger partial charge in [-0.05, 0) is 30.1 Å². The molecule has 118 valence electrons. The van der Waals surface area contributed by atoms with Crippen LogP contribution in [0.25, 0.3) is 10.7 Å². The van der Waals surface area contributed by atoms with Crippen molar-refractivity contribution in [2.75, 3.05) is 11.5 Å². The Morgan fingerprint density at radius 3 is 3.05 bits per heavy atom. The zero-order valence-corrected chi connectivity index (χ0v) is 13.9. The van der Waals surface area contributed by atoms with Crippen LogP contribution in [-0.4, -0.2) is 46.6 Å². The number of aromatic nitrogens is 3. The highest BCUT2D eigenvalue weighted by Gasteiger charge is 2.29. The van der Waals surface area contributed by atoms with E-state index in [0.717, 1.165) is 4.88 Å². The van der Waals surface area contributed by atoms with Gasteiger partial charge in [0.25, 0.3) is 0 Å². The maximum atomic E-state index is 12.1. The summed E-state index contributed by atoms with van der Waals surface area (Å²) in [4.78, 5) is 13.0. The van der Waals surface area contributed by atoms with Crippen LogP contribution in [0.15, 0.2) is 17.5 Å². The molecule has 1 aliphatic rings. The lowest BCUT2D eigenvalue weighted by Gasteiger charge is -2.11. The molecule has 2 N–H and O–H groups in total. The molecular formula is C12H14N4O3S3. The molecule has 1 fully saturated rings. The second-order valence-electron chi connectivity index (χ2n) is 5.08. The quantitative estimate of drug-likeness (QED) is 0.794. The monoisotopic (exact) mass is 358 g/mol. The first-order valence-electron chi connectivity index (χ1n) is 6.63. The van der Waals surface area contributed by atoms with Gasteiger partial charge in [0.05, 0.1) is 16.4 Å². The Kier molecular flexibility index (Phi) is 4.15. The van der Waals surface area contributed by atoms with Gasteiger partial charge in [0.1, 0.15) is 6.54 Å². The third-order valence-electron chi connectivity index (χ3n) is 3.40. The molecular weight excluding hydrogens is 344 g/mol. The summed E-state index contributed by atoms with van der Waals surface area (Å²) < 4.78 is 24.8. The first kappa shape index (κ1) is 15.4. The van der Waals surface area contributed by atoms with Crippen LogP contribution in [0.1, 0.15) is 6.42 Å². The average Bonchev–Trinajstić information content (AvgIpc) is 3.13. The van der Waals surface area contributed by atoms with Gasteiger partial charge in [-0.25, -0.2) is 8.42 Å². The number of hydrogen-bond acceptors (Lipinski definition) is 6. The summed E-state index contributed by atoms with van der Waals surface area (Å²) >= 11 is 6.66. The van der Waals surface area contributed by atoms with Crippen molar-refractivity contribution in [1.29, 1.82) is 0 Å². The van der Waals surface area contributed by atoms with E-state index in [4.69, 9.17) is 12.2 Å². The smallest absolute Gasteiger partial charge is 0.240 e.